The first-order valence-corrected chi connectivity index (χ1v) is 10.2. The molecule has 2 aromatic rings. The maximum atomic E-state index is 12.1. The van der Waals surface area contributed by atoms with Crippen molar-refractivity contribution in [1.29, 1.82) is 0 Å². The first-order valence-electron chi connectivity index (χ1n) is 8.17. The summed E-state index contributed by atoms with van der Waals surface area (Å²) in [6.45, 7) is -0.496. The summed E-state index contributed by atoms with van der Waals surface area (Å²) in [4.78, 5) is 24.1. The summed E-state index contributed by atoms with van der Waals surface area (Å²) in [5.74, 6) is -0.399. The SMILES string of the molecule is COc1ccc(OC)c(NC(=O)COC(=O)c2ccc(CS(C)(=O)=O)cc2)c1. The molecule has 28 heavy (non-hydrogen) atoms. The molecule has 0 atom stereocenters. The fourth-order valence-electron chi connectivity index (χ4n) is 2.35. The molecule has 150 valence electrons. The molecule has 2 aromatic carbocycles. The van der Waals surface area contributed by atoms with E-state index < -0.39 is 28.3 Å². The van der Waals surface area contributed by atoms with Gasteiger partial charge in [-0.1, -0.05) is 12.1 Å². The Balaban J connectivity index is 1.95. The van der Waals surface area contributed by atoms with Crippen LogP contribution in [0.25, 0.3) is 0 Å². The highest BCUT2D eigenvalue weighted by Crippen LogP contribution is 2.28. The zero-order chi connectivity index (χ0) is 20.7. The maximum absolute atomic E-state index is 12.1. The second kappa shape index (κ2) is 9.23. The van der Waals surface area contributed by atoms with E-state index in [2.05, 4.69) is 5.32 Å². The third-order valence-corrected chi connectivity index (χ3v) is 4.49. The van der Waals surface area contributed by atoms with Gasteiger partial charge in [-0.15, -0.1) is 0 Å². The molecule has 0 spiro atoms. The fraction of sp³-hybridized carbons (Fsp3) is 0.263. The van der Waals surface area contributed by atoms with Crippen LogP contribution in [-0.2, 0) is 25.1 Å². The Morgan fingerprint density at radius 1 is 1.00 bits per heavy atom. The van der Waals surface area contributed by atoms with E-state index in [4.69, 9.17) is 14.2 Å². The topological polar surface area (TPSA) is 108 Å². The molecule has 0 aliphatic heterocycles. The summed E-state index contributed by atoms with van der Waals surface area (Å²) in [5.41, 5.74) is 1.15. The molecule has 0 fully saturated rings. The highest BCUT2D eigenvalue weighted by Gasteiger charge is 2.13. The van der Waals surface area contributed by atoms with Gasteiger partial charge in [-0.05, 0) is 29.8 Å². The number of methoxy groups -OCH3 is 2. The van der Waals surface area contributed by atoms with Crippen LogP contribution < -0.4 is 14.8 Å². The number of esters is 1. The van der Waals surface area contributed by atoms with Crippen LogP contribution in [0, 0.1) is 0 Å². The number of amides is 1. The number of sulfone groups is 1. The second-order valence-electron chi connectivity index (χ2n) is 5.96. The maximum Gasteiger partial charge on any atom is 0.338 e. The van der Waals surface area contributed by atoms with Crippen molar-refractivity contribution in [3.63, 3.8) is 0 Å². The fourth-order valence-corrected chi connectivity index (χ4v) is 3.15. The van der Waals surface area contributed by atoms with E-state index >= 15 is 0 Å². The van der Waals surface area contributed by atoms with Gasteiger partial charge < -0.3 is 19.5 Å². The van der Waals surface area contributed by atoms with Crippen molar-refractivity contribution in [2.75, 3.05) is 32.4 Å². The zero-order valence-electron chi connectivity index (χ0n) is 15.7. The number of carbonyl (C=O) groups excluding carboxylic acids is 2. The van der Waals surface area contributed by atoms with Crippen molar-refractivity contribution in [3.8, 4) is 11.5 Å². The predicted molar refractivity (Wildman–Crippen MR) is 103 cm³/mol. The van der Waals surface area contributed by atoms with Gasteiger partial charge in [-0.3, -0.25) is 4.79 Å². The standard InChI is InChI=1S/C19H21NO7S/c1-25-15-8-9-17(26-2)16(10-15)20-18(21)11-27-19(22)14-6-4-13(5-7-14)12-28(3,23)24/h4-10H,11-12H2,1-3H3,(H,20,21). The molecule has 0 aliphatic carbocycles. The van der Waals surface area contributed by atoms with Crippen molar-refractivity contribution < 1.29 is 32.2 Å². The van der Waals surface area contributed by atoms with Crippen LogP contribution in [-0.4, -0.2) is 47.4 Å². The van der Waals surface area contributed by atoms with Crippen LogP contribution in [0.1, 0.15) is 15.9 Å². The highest BCUT2D eigenvalue weighted by molar-refractivity contribution is 7.89. The van der Waals surface area contributed by atoms with E-state index in [1.54, 1.807) is 18.2 Å². The van der Waals surface area contributed by atoms with Gasteiger partial charge in [0.25, 0.3) is 5.91 Å². The average Bonchev–Trinajstić information content (AvgIpc) is 2.65. The molecule has 1 N–H and O–H groups in total. The molecular formula is C19H21NO7S. The van der Waals surface area contributed by atoms with Crippen LogP contribution in [0.5, 0.6) is 11.5 Å². The molecule has 0 aliphatic rings. The van der Waals surface area contributed by atoms with E-state index in [1.807, 2.05) is 0 Å². The van der Waals surface area contributed by atoms with Crippen LogP contribution in [0.4, 0.5) is 5.69 Å². The Labute approximate surface area is 163 Å². The summed E-state index contributed by atoms with van der Waals surface area (Å²) < 4.78 is 37.8. The highest BCUT2D eigenvalue weighted by atomic mass is 32.2. The Morgan fingerprint density at radius 3 is 2.25 bits per heavy atom. The van der Waals surface area contributed by atoms with E-state index in [-0.39, 0.29) is 11.3 Å². The van der Waals surface area contributed by atoms with Crippen molar-refractivity contribution in [1.82, 2.24) is 0 Å². The average molecular weight is 407 g/mol. The lowest BCUT2D eigenvalue weighted by Crippen LogP contribution is -2.21. The lowest BCUT2D eigenvalue weighted by Gasteiger charge is -2.12. The van der Waals surface area contributed by atoms with Crippen molar-refractivity contribution >= 4 is 27.4 Å². The van der Waals surface area contributed by atoms with Crippen molar-refractivity contribution in [2.45, 2.75) is 5.75 Å². The molecule has 0 aromatic heterocycles. The van der Waals surface area contributed by atoms with Gasteiger partial charge in [0.05, 0.1) is 31.2 Å². The first kappa shape index (κ1) is 21.2. The van der Waals surface area contributed by atoms with Crippen LogP contribution >= 0.6 is 0 Å². The number of carbonyl (C=O) groups is 2. The molecule has 0 unspecified atom stereocenters. The quantitative estimate of drug-likeness (QED) is 0.667. The van der Waals surface area contributed by atoms with Gasteiger partial charge in [0.1, 0.15) is 11.5 Å². The van der Waals surface area contributed by atoms with Gasteiger partial charge in [0, 0.05) is 12.3 Å². The third-order valence-electron chi connectivity index (χ3n) is 3.63. The summed E-state index contributed by atoms with van der Waals surface area (Å²) in [7, 11) is -0.201. The summed E-state index contributed by atoms with van der Waals surface area (Å²) in [6.07, 6.45) is 1.13. The molecule has 2 rings (SSSR count). The van der Waals surface area contributed by atoms with E-state index in [9.17, 15) is 18.0 Å². The predicted octanol–water partition coefficient (Wildman–Crippen LogP) is 2.04. The van der Waals surface area contributed by atoms with Crippen LogP contribution in [0.3, 0.4) is 0 Å². The van der Waals surface area contributed by atoms with E-state index in [0.29, 0.717) is 22.7 Å². The second-order valence-corrected chi connectivity index (χ2v) is 8.10. The van der Waals surface area contributed by atoms with Crippen molar-refractivity contribution in [3.05, 3.63) is 53.6 Å². The molecule has 0 heterocycles. The number of hydrogen-bond donors (Lipinski definition) is 1. The minimum absolute atomic E-state index is 0.118. The molecule has 1 amide bonds. The summed E-state index contributed by atoms with van der Waals surface area (Å²) in [6, 6.07) is 10.9. The molecule has 9 heteroatoms. The molecule has 8 nitrogen and oxygen atoms in total. The molecule has 0 bridgehead atoms. The number of hydrogen-bond acceptors (Lipinski definition) is 7. The minimum atomic E-state index is -3.16. The Morgan fingerprint density at radius 2 is 1.68 bits per heavy atom. The molecule has 0 saturated heterocycles. The van der Waals surface area contributed by atoms with E-state index in [1.165, 1.54) is 38.5 Å². The van der Waals surface area contributed by atoms with Gasteiger partial charge in [-0.2, -0.15) is 0 Å². The zero-order valence-corrected chi connectivity index (χ0v) is 16.5. The van der Waals surface area contributed by atoms with Crippen LogP contribution in [0.15, 0.2) is 42.5 Å². The number of anilines is 1. The van der Waals surface area contributed by atoms with Crippen molar-refractivity contribution in [2.24, 2.45) is 0 Å². The summed E-state index contributed by atoms with van der Waals surface area (Å²) >= 11 is 0. The summed E-state index contributed by atoms with van der Waals surface area (Å²) in [5, 5.41) is 2.59. The Kier molecular flexibility index (Phi) is 7.00. The minimum Gasteiger partial charge on any atom is -0.497 e. The number of benzene rings is 2. The van der Waals surface area contributed by atoms with E-state index in [0.717, 1.165) is 6.26 Å². The first-order chi connectivity index (χ1) is 13.2. The van der Waals surface area contributed by atoms with Gasteiger partial charge >= 0.3 is 5.97 Å². The van der Waals surface area contributed by atoms with Crippen LogP contribution in [0.2, 0.25) is 0 Å². The normalized spacial score (nSPS) is 10.8. The Bertz CT molecular complexity index is 953. The molecule has 0 saturated carbocycles. The largest absolute Gasteiger partial charge is 0.497 e. The third kappa shape index (κ3) is 6.27. The smallest absolute Gasteiger partial charge is 0.338 e. The number of ether oxygens (including phenoxy) is 3. The van der Waals surface area contributed by atoms with Gasteiger partial charge in [-0.25, -0.2) is 13.2 Å². The molecule has 0 radical (unpaired) electrons. The molecular weight excluding hydrogens is 386 g/mol. The van der Waals surface area contributed by atoms with Gasteiger partial charge in [0.15, 0.2) is 16.4 Å². The Hall–Kier alpha value is -3.07. The lowest BCUT2D eigenvalue weighted by atomic mass is 10.1. The monoisotopic (exact) mass is 407 g/mol. The van der Waals surface area contributed by atoms with Gasteiger partial charge in [0.2, 0.25) is 0 Å². The number of rotatable bonds is 8. The number of nitrogens with one attached hydrogen (secondary N) is 1. The lowest BCUT2D eigenvalue weighted by molar-refractivity contribution is -0.119.